The van der Waals surface area contributed by atoms with E-state index in [1.54, 1.807) is 13.0 Å². The maximum atomic E-state index is 12.5. The van der Waals surface area contributed by atoms with Crippen LogP contribution in [-0.2, 0) is 16.0 Å². The Bertz CT molecular complexity index is 1070. The number of aliphatic hydroxyl groups excluding tert-OH is 3. The second-order valence-corrected chi connectivity index (χ2v) is 11.7. The number of fused-ring (bicyclic) bond motifs is 1. The first-order valence-corrected chi connectivity index (χ1v) is 15.1. The van der Waals surface area contributed by atoms with Gasteiger partial charge in [-0.1, -0.05) is 65.3 Å². The largest absolute Gasteiger partial charge is 0.507 e. The fourth-order valence-electron chi connectivity index (χ4n) is 5.18. The molecule has 1 aliphatic rings. The molecule has 2 rings (SSSR count). The minimum absolute atomic E-state index is 0.0214. The van der Waals surface area contributed by atoms with Crippen molar-refractivity contribution in [3.05, 3.63) is 47.6 Å². The quantitative estimate of drug-likeness (QED) is 0.134. The Morgan fingerprint density at radius 1 is 1.05 bits per heavy atom. The maximum absolute atomic E-state index is 12.5. The van der Waals surface area contributed by atoms with E-state index in [4.69, 9.17) is 9.47 Å². The van der Waals surface area contributed by atoms with Gasteiger partial charge in [0.2, 0.25) is 5.91 Å². The number of amides is 1. The number of aliphatic hydroxyl groups is 3. The molecule has 9 heteroatoms. The number of rotatable bonds is 17. The summed E-state index contributed by atoms with van der Waals surface area (Å²) in [5, 5.41) is 44.4. The van der Waals surface area contributed by atoms with Gasteiger partial charge in [0.1, 0.15) is 23.2 Å². The van der Waals surface area contributed by atoms with Gasteiger partial charge in [-0.2, -0.15) is 0 Å². The van der Waals surface area contributed by atoms with Crippen LogP contribution in [0.1, 0.15) is 82.6 Å². The highest BCUT2D eigenvalue weighted by atomic mass is 16.5. The van der Waals surface area contributed by atoms with Crippen molar-refractivity contribution in [1.29, 1.82) is 0 Å². The minimum atomic E-state index is -0.719. The average molecular weight is 590 g/mol. The lowest BCUT2D eigenvalue weighted by molar-refractivity contribution is -0.127. The number of allylic oxidation sites excluding steroid dienone is 2. The summed E-state index contributed by atoms with van der Waals surface area (Å²) in [6.45, 7) is 9.80. The molecule has 0 fully saturated rings. The molecule has 1 heterocycles. The van der Waals surface area contributed by atoms with Gasteiger partial charge in [-0.25, -0.2) is 4.79 Å². The second kappa shape index (κ2) is 17.3. The van der Waals surface area contributed by atoms with Crippen molar-refractivity contribution in [3.63, 3.8) is 0 Å². The topological polar surface area (TPSA) is 146 Å². The second-order valence-electron chi connectivity index (χ2n) is 11.7. The van der Waals surface area contributed by atoms with E-state index >= 15 is 0 Å². The monoisotopic (exact) mass is 589 g/mol. The highest BCUT2D eigenvalue weighted by Crippen LogP contribution is 2.35. The van der Waals surface area contributed by atoms with Crippen molar-refractivity contribution in [2.45, 2.75) is 97.6 Å². The molecular formula is C33H51NO8. The fourth-order valence-corrected chi connectivity index (χ4v) is 5.18. The van der Waals surface area contributed by atoms with Gasteiger partial charge in [-0.3, -0.25) is 4.79 Å². The Labute approximate surface area is 250 Å². The van der Waals surface area contributed by atoms with Crippen molar-refractivity contribution in [2.75, 3.05) is 13.7 Å². The molecule has 1 aromatic carbocycles. The van der Waals surface area contributed by atoms with Crippen molar-refractivity contribution in [2.24, 2.45) is 23.7 Å². The minimum Gasteiger partial charge on any atom is -0.507 e. The van der Waals surface area contributed by atoms with E-state index in [9.17, 15) is 30.0 Å². The number of benzene rings is 1. The smallest absolute Gasteiger partial charge is 0.342 e. The predicted octanol–water partition coefficient (Wildman–Crippen LogP) is 4.31. The zero-order valence-corrected chi connectivity index (χ0v) is 26.0. The van der Waals surface area contributed by atoms with Gasteiger partial charge in [0.15, 0.2) is 0 Å². The van der Waals surface area contributed by atoms with Crippen molar-refractivity contribution in [3.8, 4) is 11.5 Å². The molecule has 0 aromatic heterocycles. The van der Waals surface area contributed by atoms with Gasteiger partial charge < -0.3 is 35.2 Å². The number of methoxy groups -OCH3 is 1. The summed E-state index contributed by atoms with van der Waals surface area (Å²) in [5.74, 6) is -1.24. The first-order chi connectivity index (χ1) is 19.9. The third-order valence-electron chi connectivity index (χ3n) is 8.35. The lowest BCUT2D eigenvalue weighted by Crippen LogP contribution is -2.36. The van der Waals surface area contributed by atoms with Crippen LogP contribution >= 0.6 is 0 Å². The van der Waals surface area contributed by atoms with Gasteiger partial charge in [-0.05, 0) is 49.1 Å². The van der Waals surface area contributed by atoms with E-state index in [-0.39, 0.29) is 41.1 Å². The molecule has 0 spiro atoms. The Morgan fingerprint density at radius 2 is 1.71 bits per heavy atom. The third kappa shape index (κ3) is 10.1. The van der Waals surface area contributed by atoms with E-state index in [0.717, 1.165) is 6.42 Å². The number of esters is 1. The maximum Gasteiger partial charge on any atom is 0.342 e. The number of phenolic OH excluding ortho intramolecular Hbond substituents is 1. The molecule has 0 unspecified atom stereocenters. The fraction of sp³-hybridized carbons (Fsp3) is 0.636. The lowest BCUT2D eigenvalue weighted by Gasteiger charge is -2.29. The Morgan fingerprint density at radius 3 is 2.38 bits per heavy atom. The SMILES string of the molecule is CCC[C@H](O)[C@@H](C)C(=O)NCC=CC[C@@H](C)[C@@H](O)[C@H](C)[C@@H](O)CC=CC[C@H](C)[C@H]1Cc2cc(OC)cc(O)c2C(=O)O1. The number of carbonyl (C=O) groups excluding carboxylic acids is 2. The van der Waals surface area contributed by atoms with E-state index in [0.29, 0.717) is 50.0 Å². The van der Waals surface area contributed by atoms with E-state index < -0.39 is 30.2 Å². The number of hydrogen-bond donors (Lipinski definition) is 5. The summed E-state index contributed by atoms with van der Waals surface area (Å²) in [6.07, 6.45) is 8.72. The van der Waals surface area contributed by atoms with Crippen LogP contribution in [0, 0.1) is 23.7 Å². The molecule has 0 aliphatic carbocycles. The molecule has 8 atom stereocenters. The molecule has 236 valence electrons. The molecule has 0 saturated carbocycles. The van der Waals surface area contributed by atoms with Gasteiger partial charge >= 0.3 is 5.97 Å². The van der Waals surface area contributed by atoms with Gasteiger partial charge in [0.25, 0.3) is 0 Å². The first-order valence-electron chi connectivity index (χ1n) is 15.1. The molecule has 0 radical (unpaired) electrons. The summed E-state index contributed by atoms with van der Waals surface area (Å²) in [4.78, 5) is 24.6. The van der Waals surface area contributed by atoms with Crippen LogP contribution in [0.4, 0.5) is 0 Å². The first kappa shape index (κ1) is 35.3. The van der Waals surface area contributed by atoms with Crippen LogP contribution < -0.4 is 10.1 Å². The van der Waals surface area contributed by atoms with E-state index in [2.05, 4.69) is 5.32 Å². The summed E-state index contributed by atoms with van der Waals surface area (Å²) in [5.41, 5.74) is 0.892. The highest BCUT2D eigenvalue weighted by molar-refractivity contribution is 5.95. The summed E-state index contributed by atoms with van der Waals surface area (Å²) in [6, 6.07) is 3.16. The molecule has 1 amide bonds. The van der Waals surface area contributed by atoms with Gasteiger partial charge in [-0.15, -0.1) is 0 Å². The molecule has 0 bridgehead atoms. The summed E-state index contributed by atoms with van der Waals surface area (Å²) in [7, 11) is 1.51. The Kier molecular flexibility index (Phi) is 14.5. The van der Waals surface area contributed by atoms with Gasteiger partial charge in [0, 0.05) is 24.9 Å². The van der Waals surface area contributed by atoms with E-state index in [1.165, 1.54) is 13.2 Å². The Balaban J connectivity index is 1.76. The lowest BCUT2D eigenvalue weighted by atomic mass is 9.86. The summed E-state index contributed by atoms with van der Waals surface area (Å²) < 4.78 is 10.8. The molecule has 9 nitrogen and oxygen atoms in total. The van der Waals surface area contributed by atoms with Crippen molar-refractivity contribution in [1.82, 2.24) is 5.32 Å². The van der Waals surface area contributed by atoms with Crippen molar-refractivity contribution >= 4 is 11.9 Å². The molecule has 42 heavy (non-hydrogen) atoms. The van der Waals surface area contributed by atoms with Crippen LogP contribution in [0.3, 0.4) is 0 Å². The average Bonchev–Trinajstić information content (AvgIpc) is 2.96. The Hall–Kier alpha value is -2.88. The molecule has 5 N–H and O–H groups in total. The zero-order chi connectivity index (χ0) is 31.4. The number of hydrogen-bond acceptors (Lipinski definition) is 8. The van der Waals surface area contributed by atoms with Crippen LogP contribution in [-0.4, -0.2) is 70.4 Å². The standard InChI is InChI=1S/C33H51NO8/c1-7-12-26(35)23(5)32(39)34-16-11-10-14-21(3)31(38)22(4)27(36)15-9-8-13-20(2)29-18-24-17-25(41-6)19-28(37)30(24)33(40)42-29/h8-11,17,19-23,26-27,29,31,35-38H,7,12-16,18H2,1-6H3,(H,34,39)/t20-,21+,22+,23+,26-,27-,29+,31+/m0/s1. The molecular weight excluding hydrogens is 538 g/mol. The number of phenols is 1. The summed E-state index contributed by atoms with van der Waals surface area (Å²) >= 11 is 0. The number of nitrogens with one attached hydrogen (secondary N) is 1. The van der Waals surface area contributed by atoms with Crippen LogP contribution in [0.15, 0.2) is 36.4 Å². The molecule has 1 aliphatic heterocycles. The predicted molar refractivity (Wildman–Crippen MR) is 162 cm³/mol. The number of carbonyl (C=O) groups is 2. The third-order valence-corrected chi connectivity index (χ3v) is 8.35. The van der Waals surface area contributed by atoms with E-state index in [1.807, 2.05) is 52.0 Å². The van der Waals surface area contributed by atoms with Crippen LogP contribution in [0.5, 0.6) is 11.5 Å². The molecule has 0 saturated heterocycles. The van der Waals surface area contributed by atoms with Crippen LogP contribution in [0.2, 0.25) is 0 Å². The highest BCUT2D eigenvalue weighted by Gasteiger charge is 2.32. The van der Waals surface area contributed by atoms with Crippen LogP contribution in [0.25, 0.3) is 0 Å². The number of ether oxygens (including phenoxy) is 2. The van der Waals surface area contributed by atoms with Crippen molar-refractivity contribution < 1.29 is 39.5 Å². The number of aromatic hydroxyl groups is 1. The molecule has 1 aromatic rings. The zero-order valence-electron chi connectivity index (χ0n) is 26.0. The normalized spacial score (nSPS) is 20.3. The number of cyclic esters (lactones) is 1. The van der Waals surface area contributed by atoms with Gasteiger partial charge in [0.05, 0.1) is 31.3 Å².